The van der Waals surface area contributed by atoms with E-state index in [0.717, 1.165) is 17.7 Å². The minimum atomic E-state index is -0.727. The van der Waals surface area contributed by atoms with Crippen LogP contribution in [-0.2, 0) is 15.3 Å². The van der Waals surface area contributed by atoms with Crippen LogP contribution in [0.1, 0.15) is 85.1 Å². The van der Waals surface area contributed by atoms with Crippen molar-refractivity contribution in [2.75, 3.05) is 5.75 Å². The number of hydrogen-bond acceptors (Lipinski definition) is 3. The highest BCUT2D eigenvalue weighted by atomic mass is 32.1. The topological polar surface area (TPSA) is 18.5 Å². The van der Waals surface area contributed by atoms with Crippen LogP contribution in [0, 0.1) is 5.92 Å². The van der Waals surface area contributed by atoms with E-state index in [4.69, 9.17) is 22.1 Å². The lowest BCUT2D eigenvalue weighted by molar-refractivity contribution is -0.304. The second-order valence-corrected chi connectivity index (χ2v) is 8.17. The highest BCUT2D eigenvalue weighted by Gasteiger charge is 2.43. The Balaban J connectivity index is 2.98. The molecule has 0 aliphatic rings. The van der Waals surface area contributed by atoms with E-state index in [1.54, 1.807) is 0 Å². The molecule has 0 saturated heterocycles. The highest BCUT2D eigenvalue weighted by Crippen LogP contribution is 2.41. The van der Waals surface area contributed by atoms with Gasteiger partial charge in [0.2, 0.25) is 0 Å². The maximum Gasteiger partial charge on any atom is 0.198 e. The molecule has 0 aromatic heterocycles. The van der Waals surface area contributed by atoms with Gasteiger partial charge in [-0.3, -0.25) is 0 Å². The van der Waals surface area contributed by atoms with Gasteiger partial charge in [0.25, 0.3) is 0 Å². The minimum absolute atomic E-state index is 0.0842. The van der Waals surface area contributed by atoms with Crippen LogP contribution < -0.4 is 0 Å². The lowest BCUT2D eigenvalue weighted by atomic mass is 9.87. The Morgan fingerprint density at radius 2 is 1.38 bits per heavy atom. The van der Waals surface area contributed by atoms with Crippen molar-refractivity contribution in [3.8, 4) is 0 Å². The fourth-order valence-corrected chi connectivity index (χ4v) is 3.96. The number of ether oxygens (including phenoxy) is 2. The molecule has 1 aromatic rings. The summed E-state index contributed by atoms with van der Waals surface area (Å²) in [6, 6.07) is 10.4. The fraction of sp³-hybridized carbons (Fsp3) is 0.739. The molecule has 1 unspecified atom stereocenters. The zero-order valence-electron chi connectivity index (χ0n) is 17.5. The number of rotatable bonds is 14. The summed E-state index contributed by atoms with van der Waals surface area (Å²) < 4.78 is 13.0. The molecule has 0 aliphatic heterocycles. The van der Waals surface area contributed by atoms with E-state index in [1.165, 1.54) is 38.5 Å². The van der Waals surface area contributed by atoms with E-state index in [9.17, 15) is 0 Å². The molecule has 1 aromatic carbocycles. The van der Waals surface area contributed by atoms with Crippen LogP contribution in [0.25, 0.3) is 0 Å². The van der Waals surface area contributed by atoms with Crippen molar-refractivity contribution in [2.45, 2.75) is 97.6 Å². The van der Waals surface area contributed by atoms with Crippen molar-refractivity contribution in [2.24, 2.45) is 5.92 Å². The SMILES string of the molecule is CCCCCCCCC(CS)C(OC(C)C)(OC(C)C)c1ccccc1. The third-order valence-electron chi connectivity index (χ3n) is 4.66. The smallest absolute Gasteiger partial charge is 0.198 e. The molecule has 0 amide bonds. The summed E-state index contributed by atoms with van der Waals surface area (Å²) in [6.07, 6.45) is 9.02. The zero-order chi connectivity index (χ0) is 19.4. The predicted molar refractivity (Wildman–Crippen MR) is 116 cm³/mol. The van der Waals surface area contributed by atoms with E-state index >= 15 is 0 Å². The third kappa shape index (κ3) is 7.62. The molecule has 0 fully saturated rings. The summed E-state index contributed by atoms with van der Waals surface area (Å²) in [5, 5.41) is 0. The monoisotopic (exact) mass is 380 g/mol. The van der Waals surface area contributed by atoms with Crippen LogP contribution in [0.2, 0.25) is 0 Å². The molecule has 0 bridgehead atoms. The molecule has 0 saturated carbocycles. The third-order valence-corrected chi connectivity index (χ3v) is 5.10. The average molecular weight is 381 g/mol. The second-order valence-electron chi connectivity index (χ2n) is 7.80. The maximum atomic E-state index is 6.51. The summed E-state index contributed by atoms with van der Waals surface area (Å²) in [7, 11) is 0. The standard InChI is InChI=1S/C23H40O2S/c1-6-7-8-9-10-12-17-22(18-26)23(24-19(2)3,25-20(4)5)21-15-13-11-14-16-21/h11,13-16,19-20,22,26H,6-10,12,17-18H2,1-5H3. The molecule has 26 heavy (non-hydrogen) atoms. The summed E-state index contributed by atoms with van der Waals surface area (Å²) in [5.41, 5.74) is 1.10. The minimum Gasteiger partial charge on any atom is -0.343 e. The molecule has 3 heteroatoms. The molecule has 1 rings (SSSR count). The van der Waals surface area contributed by atoms with Crippen LogP contribution in [0.4, 0.5) is 0 Å². The number of benzene rings is 1. The molecular weight excluding hydrogens is 340 g/mol. The van der Waals surface area contributed by atoms with Crippen molar-refractivity contribution >= 4 is 12.6 Å². The van der Waals surface area contributed by atoms with Crippen LogP contribution in [0.5, 0.6) is 0 Å². The predicted octanol–water partition coefficient (Wildman–Crippen LogP) is 6.99. The van der Waals surface area contributed by atoms with Gasteiger partial charge in [0, 0.05) is 11.5 Å². The van der Waals surface area contributed by atoms with Gasteiger partial charge in [-0.1, -0.05) is 75.8 Å². The van der Waals surface area contributed by atoms with Crippen molar-refractivity contribution in [3.63, 3.8) is 0 Å². The zero-order valence-corrected chi connectivity index (χ0v) is 18.4. The normalized spacial score (nSPS) is 13.5. The summed E-state index contributed by atoms with van der Waals surface area (Å²) in [4.78, 5) is 0. The van der Waals surface area contributed by atoms with Crippen LogP contribution in [-0.4, -0.2) is 18.0 Å². The van der Waals surface area contributed by atoms with E-state index in [1.807, 2.05) is 6.07 Å². The Labute approximate surface area is 167 Å². The lowest BCUT2D eigenvalue weighted by Crippen LogP contribution is -2.45. The first-order valence-corrected chi connectivity index (χ1v) is 11.1. The summed E-state index contributed by atoms with van der Waals surface area (Å²) in [6.45, 7) is 10.6. The van der Waals surface area contributed by atoms with Crippen molar-refractivity contribution in [1.29, 1.82) is 0 Å². The van der Waals surface area contributed by atoms with Gasteiger partial charge < -0.3 is 9.47 Å². The van der Waals surface area contributed by atoms with Gasteiger partial charge in [-0.15, -0.1) is 0 Å². The Kier molecular flexibility index (Phi) is 11.6. The van der Waals surface area contributed by atoms with Crippen LogP contribution >= 0.6 is 12.6 Å². The molecular formula is C23H40O2S. The first kappa shape index (κ1) is 23.5. The molecule has 150 valence electrons. The van der Waals surface area contributed by atoms with E-state index in [-0.39, 0.29) is 18.1 Å². The molecule has 0 spiro atoms. The van der Waals surface area contributed by atoms with Crippen LogP contribution in [0.15, 0.2) is 30.3 Å². The van der Waals surface area contributed by atoms with Crippen molar-refractivity contribution in [1.82, 2.24) is 0 Å². The molecule has 2 nitrogen and oxygen atoms in total. The molecule has 0 N–H and O–H groups in total. The summed E-state index contributed by atoms with van der Waals surface area (Å²) >= 11 is 4.70. The largest absolute Gasteiger partial charge is 0.343 e. The van der Waals surface area contributed by atoms with Gasteiger partial charge in [-0.2, -0.15) is 12.6 Å². The van der Waals surface area contributed by atoms with Crippen molar-refractivity contribution < 1.29 is 9.47 Å². The molecule has 0 aliphatic carbocycles. The van der Waals surface area contributed by atoms with Gasteiger partial charge >= 0.3 is 0 Å². The van der Waals surface area contributed by atoms with E-state index < -0.39 is 5.79 Å². The Hall–Kier alpha value is -0.510. The quantitative estimate of drug-likeness (QED) is 0.213. The Morgan fingerprint density at radius 1 is 0.846 bits per heavy atom. The highest BCUT2D eigenvalue weighted by molar-refractivity contribution is 7.80. The molecule has 0 heterocycles. The van der Waals surface area contributed by atoms with Gasteiger partial charge in [0.05, 0.1) is 12.2 Å². The van der Waals surface area contributed by atoms with Gasteiger partial charge in [-0.25, -0.2) is 0 Å². The maximum absolute atomic E-state index is 6.51. The number of hydrogen-bond donors (Lipinski definition) is 1. The number of thiol groups is 1. The first-order chi connectivity index (χ1) is 12.5. The first-order valence-electron chi connectivity index (χ1n) is 10.5. The van der Waals surface area contributed by atoms with Gasteiger partial charge in [0.1, 0.15) is 0 Å². The fourth-order valence-electron chi connectivity index (χ4n) is 3.54. The molecule has 1 atom stereocenters. The van der Waals surface area contributed by atoms with Crippen molar-refractivity contribution in [3.05, 3.63) is 35.9 Å². The Morgan fingerprint density at radius 3 is 1.88 bits per heavy atom. The van der Waals surface area contributed by atoms with E-state index in [0.29, 0.717) is 0 Å². The van der Waals surface area contributed by atoms with Gasteiger partial charge in [-0.05, 0) is 39.9 Å². The van der Waals surface area contributed by atoms with Crippen LogP contribution in [0.3, 0.4) is 0 Å². The lowest BCUT2D eigenvalue weighted by Gasteiger charge is -2.43. The molecule has 0 radical (unpaired) electrons. The Bertz CT molecular complexity index is 449. The summed E-state index contributed by atoms with van der Waals surface area (Å²) in [5.74, 6) is 0.252. The number of unbranched alkanes of at least 4 members (excludes halogenated alkanes) is 5. The van der Waals surface area contributed by atoms with E-state index in [2.05, 4.69) is 58.9 Å². The van der Waals surface area contributed by atoms with Gasteiger partial charge in [0.15, 0.2) is 5.79 Å². The average Bonchev–Trinajstić information content (AvgIpc) is 2.60. The second kappa shape index (κ2) is 12.8.